The van der Waals surface area contributed by atoms with Crippen molar-refractivity contribution in [3.05, 3.63) is 35.4 Å². The van der Waals surface area contributed by atoms with Gasteiger partial charge in [0.1, 0.15) is 11.6 Å². The predicted molar refractivity (Wildman–Crippen MR) is 55.3 cm³/mol. The summed E-state index contributed by atoms with van der Waals surface area (Å²) in [7, 11) is 0. The molecule has 0 bridgehead atoms. The second-order valence-electron chi connectivity index (χ2n) is 4.30. The summed E-state index contributed by atoms with van der Waals surface area (Å²) in [6.07, 6.45) is 1.23. The Morgan fingerprint density at radius 3 is 2.47 bits per heavy atom. The van der Waals surface area contributed by atoms with Crippen LogP contribution in [0.25, 0.3) is 0 Å². The van der Waals surface area contributed by atoms with Gasteiger partial charge in [0.05, 0.1) is 0 Å². The lowest BCUT2D eigenvalue weighted by molar-refractivity contribution is 0.526. The van der Waals surface area contributed by atoms with E-state index in [2.05, 4.69) is 12.2 Å². The highest BCUT2D eigenvalue weighted by Gasteiger charge is 2.31. The van der Waals surface area contributed by atoms with Crippen LogP contribution in [0, 0.1) is 23.5 Å². The van der Waals surface area contributed by atoms with Gasteiger partial charge in [0.25, 0.3) is 0 Å². The average molecular weight is 211 g/mol. The van der Waals surface area contributed by atoms with Crippen LogP contribution in [-0.4, -0.2) is 6.54 Å². The van der Waals surface area contributed by atoms with Crippen LogP contribution in [0.15, 0.2) is 18.2 Å². The summed E-state index contributed by atoms with van der Waals surface area (Å²) in [6, 6.07) is 3.97. The largest absolute Gasteiger partial charge is 0.312 e. The Labute approximate surface area is 88.5 Å². The van der Waals surface area contributed by atoms with Crippen molar-refractivity contribution in [2.24, 2.45) is 11.8 Å². The van der Waals surface area contributed by atoms with Crippen molar-refractivity contribution in [2.75, 3.05) is 6.54 Å². The minimum Gasteiger partial charge on any atom is -0.312 e. The van der Waals surface area contributed by atoms with Crippen LogP contribution < -0.4 is 5.32 Å². The Bertz CT molecular complexity index is 331. The van der Waals surface area contributed by atoms with Gasteiger partial charge in [-0.1, -0.05) is 13.0 Å². The molecule has 0 aliphatic heterocycles. The van der Waals surface area contributed by atoms with Crippen molar-refractivity contribution >= 4 is 0 Å². The van der Waals surface area contributed by atoms with Crippen LogP contribution in [0.5, 0.6) is 0 Å². The van der Waals surface area contributed by atoms with Gasteiger partial charge < -0.3 is 5.32 Å². The second-order valence-corrected chi connectivity index (χ2v) is 4.30. The van der Waals surface area contributed by atoms with Gasteiger partial charge in [-0.25, -0.2) is 8.78 Å². The average Bonchev–Trinajstić information content (AvgIpc) is 2.87. The molecule has 2 atom stereocenters. The smallest absolute Gasteiger partial charge is 0.130 e. The minimum atomic E-state index is -0.466. The van der Waals surface area contributed by atoms with Crippen molar-refractivity contribution < 1.29 is 8.78 Å². The molecule has 0 amide bonds. The summed E-state index contributed by atoms with van der Waals surface area (Å²) in [5, 5.41) is 3.10. The topological polar surface area (TPSA) is 12.0 Å². The van der Waals surface area contributed by atoms with Crippen molar-refractivity contribution in [1.82, 2.24) is 5.32 Å². The first kappa shape index (κ1) is 10.6. The van der Waals surface area contributed by atoms with E-state index in [9.17, 15) is 8.78 Å². The van der Waals surface area contributed by atoms with Crippen molar-refractivity contribution in [3.63, 3.8) is 0 Å². The number of nitrogens with one attached hydrogen (secondary N) is 1. The second kappa shape index (κ2) is 4.27. The molecule has 0 spiro atoms. The third-order valence-electron chi connectivity index (χ3n) is 3.05. The quantitative estimate of drug-likeness (QED) is 0.807. The van der Waals surface area contributed by atoms with E-state index >= 15 is 0 Å². The van der Waals surface area contributed by atoms with Gasteiger partial charge >= 0.3 is 0 Å². The van der Waals surface area contributed by atoms with E-state index in [0.29, 0.717) is 5.92 Å². The summed E-state index contributed by atoms with van der Waals surface area (Å²) in [5.74, 6) is 0.528. The summed E-state index contributed by atoms with van der Waals surface area (Å²) < 4.78 is 26.4. The maximum atomic E-state index is 13.2. The van der Waals surface area contributed by atoms with E-state index in [1.807, 2.05) is 0 Å². The van der Waals surface area contributed by atoms with E-state index in [0.717, 1.165) is 12.5 Å². The van der Waals surface area contributed by atoms with Gasteiger partial charge in [0.2, 0.25) is 0 Å². The molecular formula is C12H15F2N. The molecule has 0 saturated heterocycles. The summed E-state index contributed by atoms with van der Waals surface area (Å²) in [4.78, 5) is 0. The van der Waals surface area contributed by atoms with Crippen molar-refractivity contribution in [2.45, 2.75) is 19.9 Å². The zero-order valence-electron chi connectivity index (χ0n) is 8.76. The van der Waals surface area contributed by atoms with Gasteiger partial charge in [-0.05, 0) is 36.9 Å². The van der Waals surface area contributed by atoms with Crippen LogP contribution in [0.2, 0.25) is 0 Å². The highest BCUT2D eigenvalue weighted by atomic mass is 19.1. The minimum absolute atomic E-state index is 0.144. The van der Waals surface area contributed by atoms with E-state index in [1.54, 1.807) is 0 Å². The molecule has 1 aromatic rings. The lowest BCUT2D eigenvalue weighted by Crippen LogP contribution is -2.18. The zero-order valence-corrected chi connectivity index (χ0v) is 8.76. The molecule has 15 heavy (non-hydrogen) atoms. The molecular weight excluding hydrogens is 196 g/mol. The normalized spacial score (nSPS) is 24.2. The highest BCUT2D eigenvalue weighted by molar-refractivity contribution is 5.19. The van der Waals surface area contributed by atoms with Crippen molar-refractivity contribution in [1.29, 1.82) is 0 Å². The molecule has 0 radical (unpaired) electrons. The molecule has 1 N–H and O–H groups in total. The van der Waals surface area contributed by atoms with E-state index in [4.69, 9.17) is 0 Å². The maximum Gasteiger partial charge on any atom is 0.130 e. The molecule has 1 saturated carbocycles. The third-order valence-corrected chi connectivity index (χ3v) is 3.05. The Morgan fingerprint density at radius 2 is 1.93 bits per heavy atom. The molecule has 0 heterocycles. The molecule has 2 rings (SSSR count). The molecule has 1 aliphatic rings. The molecule has 82 valence electrons. The van der Waals surface area contributed by atoms with E-state index < -0.39 is 11.6 Å². The fraction of sp³-hybridized carbons (Fsp3) is 0.500. The fourth-order valence-electron chi connectivity index (χ4n) is 1.77. The first-order valence-electron chi connectivity index (χ1n) is 5.32. The molecule has 1 aromatic carbocycles. The Kier molecular flexibility index (Phi) is 3.00. The fourth-order valence-corrected chi connectivity index (χ4v) is 1.77. The van der Waals surface area contributed by atoms with Gasteiger partial charge in [0, 0.05) is 12.1 Å². The molecule has 0 aromatic heterocycles. The zero-order chi connectivity index (χ0) is 10.8. The summed E-state index contributed by atoms with van der Waals surface area (Å²) in [5.41, 5.74) is 0.144. The number of hydrogen-bond donors (Lipinski definition) is 1. The Hall–Kier alpha value is -0.960. The van der Waals surface area contributed by atoms with Crippen LogP contribution in [0.3, 0.4) is 0 Å². The standard InChI is InChI=1S/C12H15F2N/c1-8-5-9(8)6-15-7-10-11(13)3-2-4-12(10)14/h2-4,8-9,15H,5-7H2,1H3. The summed E-state index contributed by atoms with van der Waals surface area (Å²) in [6.45, 7) is 3.33. The van der Waals surface area contributed by atoms with Crippen LogP contribution >= 0.6 is 0 Å². The lowest BCUT2D eigenvalue weighted by atomic mass is 10.2. The number of benzene rings is 1. The molecule has 3 heteroatoms. The van der Waals surface area contributed by atoms with E-state index in [-0.39, 0.29) is 12.1 Å². The van der Waals surface area contributed by atoms with Crippen molar-refractivity contribution in [3.8, 4) is 0 Å². The molecule has 1 nitrogen and oxygen atoms in total. The van der Waals surface area contributed by atoms with Gasteiger partial charge in [0.15, 0.2) is 0 Å². The first-order valence-corrected chi connectivity index (χ1v) is 5.32. The molecule has 1 fully saturated rings. The van der Waals surface area contributed by atoms with Gasteiger partial charge in [-0.15, -0.1) is 0 Å². The Morgan fingerprint density at radius 1 is 1.33 bits per heavy atom. The van der Waals surface area contributed by atoms with Gasteiger partial charge in [-0.3, -0.25) is 0 Å². The SMILES string of the molecule is CC1CC1CNCc1c(F)cccc1F. The molecule has 2 unspecified atom stereocenters. The van der Waals surface area contributed by atoms with Gasteiger partial charge in [-0.2, -0.15) is 0 Å². The van der Waals surface area contributed by atoms with E-state index in [1.165, 1.54) is 24.6 Å². The maximum absolute atomic E-state index is 13.2. The Balaban J connectivity index is 1.87. The molecule has 1 aliphatic carbocycles. The lowest BCUT2D eigenvalue weighted by Gasteiger charge is -2.06. The number of hydrogen-bond acceptors (Lipinski definition) is 1. The summed E-state index contributed by atoms with van der Waals surface area (Å²) >= 11 is 0. The van der Waals surface area contributed by atoms with Crippen LogP contribution in [-0.2, 0) is 6.54 Å². The first-order chi connectivity index (χ1) is 7.18. The number of halogens is 2. The highest BCUT2D eigenvalue weighted by Crippen LogP contribution is 2.36. The van der Waals surface area contributed by atoms with Crippen LogP contribution in [0.1, 0.15) is 18.9 Å². The predicted octanol–water partition coefficient (Wildman–Crippen LogP) is 2.71. The third kappa shape index (κ3) is 2.53. The number of rotatable bonds is 4. The monoisotopic (exact) mass is 211 g/mol. The van der Waals surface area contributed by atoms with Crippen LogP contribution in [0.4, 0.5) is 8.78 Å².